The maximum Gasteiger partial charge on any atom is 0.303 e. The number of rotatable bonds is 20. The smallest absolute Gasteiger partial charge is 0.303 e. The van der Waals surface area contributed by atoms with Gasteiger partial charge in [-0.25, -0.2) is 0 Å². The summed E-state index contributed by atoms with van der Waals surface area (Å²) in [6, 6.07) is -5.74. The highest BCUT2D eigenvalue weighted by atomic mass is 16.8. The van der Waals surface area contributed by atoms with E-state index in [4.69, 9.17) is 59.3 Å². The van der Waals surface area contributed by atoms with Crippen molar-refractivity contribution >= 4 is 29.8 Å². The largest absolute Gasteiger partial charge is 0.459 e. The van der Waals surface area contributed by atoms with E-state index in [0.29, 0.717) is 0 Å². The predicted octanol–water partition coefficient (Wildman–Crippen LogP) is 3.81. The zero-order valence-electron chi connectivity index (χ0n) is 38.0. The maximum absolute atomic E-state index is 14.0. The third-order valence-electron chi connectivity index (χ3n) is 11.3. The molecule has 376 valence electrons. The highest BCUT2D eigenvalue weighted by Gasteiger charge is 2.59. The van der Waals surface area contributed by atoms with Gasteiger partial charge in [-0.1, -0.05) is 50.5 Å². The normalized spacial score (nSPS) is 35.2. The van der Waals surface area contributed by atoms with Crippen molar-refractivity contribution in [1.29, 1.82) is 0 Å². The van der Waals surface area contributed by atoms with E-state index in [9.17, 15) is 51.6 Å². The SMILES string of the molecule is C#CCNC(=O)[C@H]1O[C@@H](O[C@@H]2C(OC(C)=O)[C@H](N=[N+]=[N-])CC(N=[N+]=[N-])[C@H]2O[C@H]2OC(CN=[N+]=[N-])[C@@H](C)[C@H](C)C2N=[N+]=[N-])C(OC(C)=O)[C@H]1O[C@H]1O[C@@H](CN=[N+]=[N-])[C@@H](OC(C)=O)C(OC(C)=O)C1N=[N+]=[N-]. The van der Waals surface area contributed by atoms with Gasteiger partial charge in [0.05, 0.1) is 50.0 Å². The predicted molar refractivity (Wildman–Crippen MR) is 227 cm³/mol. The van der Waals surface area contributed by atoms with Crippen LogP contribution in [0.3, 0.4) is 0 Å². The van der Waals surface area contributed by atoms with Gasteiger partial charge in [0.25, 0.3) is 5.91 Å². The lowest BCUT2D eigenvalue weighted by Crippen LogP contribution is -2.63. The van der Waals surface area contributed by atoms with Gasteiger partial charge in [-0.2, -0.15) is 0 Å². The summed E-state index contributed by atoms with van der Waals surface area (Å²) < 4.78 is 59.9. The van der Waals surface area contributed by atoms with Crippen LogP contribution in [-0.2, 0) is 71.3 Å². The standard InChI is InChI=1S/C36H47N19O15/c1-8-9-43-33(60)31-30(68-35-24(49-55-42)28(63-17(6)58)27(62-16(5)57)22(66-35)12-45-51-38)32(64-18(7)59)36(70-31)69-29-25(61-15(4)56)19(46-52-39)10-20(47-53-40)26(29)67-34-23(48-54-41)14(3)13(2)21(65-34)11-44-50-37/h1,13-14,19-32,34-36H,9-12H2,2-7H3,(H,43,60)/t13-,14-,19+,20?,21?,22-,23?,24?,25?,26+,27+,28?,29+,30-,31-,32?,34+,35+,36+/m0/s1. The fraction of sp³-hybridized carbons (Fsp3) is 0.806. The van der Waals surface area contributed by atoms with Crippen molar-refractivity contribution in [2.24, 2.45) is 42.5 Å². The van der Waals surface area contributed by atoms with Crippen molar-refractivity contribution in [1.82, 2.24) is 5.32 Å². The van der Waals surface area contributed by atoms with E-state index < -0.39 is 159 Å². The number of carbonyl (C=O) groups is 5. The van der Waals surface area contributed by atoms with E-state index in [1.165, 1.54) is 0 Å². The van der Waals surface area contributed by atoms with Crippen molar-refractivity contribution < 1.29 is 71.3 Å². The van der Waals surface area contributed by atoms with Crippen LogP contribution < -0.4 is 5.32 Å². The number of terminal acetylenes is 1. The molecule has 19 atom stereocenters. The van der Waals surface area contributed by atoms with Crippen LogP contribution in [0.25, 0.3) is 62.7 Å². The van der Waals surface area contributed by atoms with E-state index in [1.807, 2.05) is 0 Å². The molecule has 0 bridgehead atoms. The molecule has 1 amide bonds. The molecular weight excluding hydrogens is 939 g/mol. The minimum Gasteiger partial charge on any atom is -0.459 e. The van der Waals surface area contributed by atoms with Crippen LogP contribution in [0, 0.1) is 24.2 Å². The molecule has 70 heavy (non-hydrogen) atoms. The molecule has 0 aromatic rings. The van der Waals surface area contributed by atoms with Gasteiger partial charge in [0.15, 0.2) is 43.3 Å². The summed E-state index contributed by atoms with van der Waals surface area (Å²) in [4.78, 5) is 81.5. The molecule has 1 saturated carbocycles. The molecule has 34 nitrogen and oxygen atoms in total. The zero-order valence-corrected chi connectivity index (χ0v) is 38.0. The Bertz CT molecular complexity index is 2290. The fourth-order valence-corrected chi connectivity index (χ4v) is 8.32. The minimum atomic E-state index is -2.04. The van der Waals surface area contributed by atoms with Gasteiger partial charge in [0, 0.05) is 57.2 Å². The molecule has 1 N–H and O–H groups in total. The van der Waals surface area contributed by atoms with Crippen LogP contribution in [0.5, 0.6) is 0 Å². The number of esters is 4. The third-order valence-corrected chi connectivity index (χ3v) is 11.3. The Morgan fingerprint density at radius 2 is 1.03 bits per heavy atom. The number of hydrogen-bond donors (Lipinski definition) is 1. The van der Waals surface area contributed by atoms with E-state index in [1.54, 1.807) is 13.8 Å². The first-order valence-corrected chi connectivity index (χ1v) is 21.0. The lowest BCUT2D eigenvalue weighted by atomic mass is 9.81. The highest BCUT2D eigenvalue weighted by molar-refractivity contribution is 5.82. The highest BCUT2D eigenvalue weighted by Crippen LogP contribution is 2.41. The van der Waals surface area contributed by atoms with Gasteiger partial charge in [0.2, 0.25) is 0 Å². The van der Waals surface area contributed by atoms with E-state index in [-0.39, 0.29) is 13.0 Å². The lowest BCUT2D eigenvalue weighted by Gasteiger charge is -2.48. The van der Waals surface area contributed by atoms with Crippen molar-refractivity contribution in [3.8, 4) is 12.3 Å². The van der Waals surface area contributed by atoms with Crippen molar-refractivity contribution in [2.45, 2.75) is 152 Å². The van der Waals surface area contributed by atoms with Crippen molar-refractivity contribution in [3.05, 3.63) is 62.7 Å². The molecule has 3 saturated heterocycles. The van der Waals surface area contributed by atoms with Crippen LogP contribution in [0.15, 0.2) is 30.7 Å². The Labute approximate surface area is 395 Å². The first-order valence-electron chi connectivity index (χ1n) is 21.0. The monoisotopic (exact) mass is 985 g/mol. The molecule has 4 fully saturated rings. The van der Waals surface area contributed by atoms with Crippen LogP contribution >= 0.6 is 0 Å². The number of azide groups is 6. The summed E-state index contributed by atoms with van der Waals surface area (Å²) >= 11 is 0. The molecule has 0 aromatic heterocycles. The lowest BCUT2D eigenvalue weighted by molar-refractivity contribution is -0.298. The van der Waals surface area contributed by atoms with Gasteiger partial charge in [-0.15, -0.1) is 6.42 Å². The Kier molecular flexibility index (Phi) is 20.7. The second kappa shape index (κ2) is 26.3. The van der Waals surface area contributed by atoms with Gasteiger partial charge >= 0.3 is 23.9 Å². The molecule has 0 aromatic carbocycles. The Morgan fingerprint density at radius 3 is 1.59 bits per heavy atom. The fourth-order valence-electron chi connectivity index (χ4n) is 8.32. The summed E-state index contributed by atoms with van der Waals surface area (Å²) in [5, 5.41) is 24.7. The Hall–Kier alpha value is -7.47. The number of amides is 1. The molecule has 34 heteroatoms. The van der Waals surface area contributed by atoms with Gasteiger partial charge in [-0.05, 0) is 51.4 Å². The van der Waals surface area contributed by atoms with Gasteiger partial charge < -0.3 is 52.7 Å². The zero-order chi connectivity index (χ0) is 51.7. The Balaban J connectivity index is 1.94. The first-order chi connectivity index (χ1) is 33.5. The Morgan fingerprint density at radius 1 is 0.557 bits per heavy atom. The summed E-state index contributed by atoms with van der Waals surface area (Å²) in [6.45, 7) is 6.15. The molecule has 3 aliphatic heterocycles. The van der Waals surface area contributed by atoms with Crippen LogP contribution in [-0.4, -0.2) is 153 Å². The second-order valence-corrected chi connectivity index (χ2v) is 15.7. The molecule has 7 unspecified atom stereocenters. The molecule has 0 spiro atoms. The molecule has 4 aliphatic rings. The van der Waals surface area contributed by atoms with Crippen LogP contribution in [0.4, 0.5) is 0 Å². The van der Waals surface area contributed by atoms with Gasteiger partial charge in [0.1, 0.15) is 30.5 Å². The molecule has 0 radical (unpaired) electrons. The maximum atomic E-state index is 14.0. The number of nitrogens with one attached hydrogen (secondary N) is 1. The number of ether oxygens (including phenoxy) is 10. The van der Waals surface area contributed by atoms with Crippen molar-refractivity contribution in [3.63, 3.8) is 0 Å². The number of carbonyl (C=O) groups excluding carboxylic acids is 5. The van der Waals surface area contributed by atoms with Crippen LogP contribution in [0.2, 0.25) is 0 Å². The third kappa shape index (κ3) is 13.8. The average molecular weight is 986 g/mol. The molecule has 4 rings (SSSR count). The van der Waals surface area contributed by atoms with E-state index in [0.717, 1.165) is 27.7 Å². The number of hydrogen-bond acceptors (Lipinski definition) is 21. The van der Waals surface area contributed by atoms with Crippen LogP contribution in [0.1, 0.15) is 48.0 Å². The quantitative estimate of drug-likeness (QED) is 0.0453. The van der Waals surface area contributed by atoms with E-state index >= 15 is 0 Å². The van der Waals surface area contributed by atoms with Gasteiger partial charge in [-0.3, -0.25) is 24.0 Å². The summed E-state index contributed by atoms with van der Waals surface area (Å²) in [6.07, 6.45) is -17.2. The summed E-state index contributed by atoms with van der Waals surface area (Å²) in [5.41, 5.74) is 57.0. The average Bonchev–Trinajstić information content (AvgIpc) is 3.62. The van der Waals surface area contributed by atoms with E-state index in [2.05, 4.69) is 71.4 Å². The molecular formula is C36H47N19O15. The topological polar surface area (TPSA) is 482 Å². The van der Waals surface area contributed by atoms with Crippen molar-refractivity contribution in [2.75, 3.05) is 19.6 Å². The number of nitrogens with zero attached hydrogens (tertiary/aromatic N) is 18. The minimum absolute atomic E-state index is 0.210. The molecule has 3 heterocycles. The first kappa shape index (κ1) is 55.1. The summed E-state index contributed by atoms with van der Waals surface area (Å²) in [7, 11) is 0. The second-order valence-electron chi connectivity index (χ2n) is 15.7. The molecule has 1 aliphatic carbocycles. The summed E-state index contributed by atoms with van der Waals surface area (Å²) in [5.74, 6) is -3.70.